The lowest BCUT2D eigenvalue weighted by molar-refractivity contribution is 0.178. The molecule has 1 atom stereocenters. The molecule has 0 heterocycles. The van der Waals surface area contributed by atoms with Gasteiger partial charge in [-0.1, -0.05) is 57.3 Å². The monoisotopic (exact) mass is 344 g/mol. The summed E-state index contributed by atoms with van der Waals surface area (Å²) in [5, 5.41) is 11.2. The summed E-state index contributed by atoms with van der Waals surface area (Å²) in [7, 11) is 0. The lowest BCUT2D eigenvalue weighted by Crippen LogP contribution is -2.01. The van der Waals surface area contributed by atoms with Gasteiger partial charge in [0.25, 0.3) is 0 Å². The summed E-state index contributed by atoms with van der Waals surface area (Å²) >= 11 is 15.2. The van der Waals surface area contributed by atoms with Crippen molar-refractivity contribution in [2.75, 3.05) is 0 Å². The number of rotatable bonds is 3. The third-order valence-electron chi connectivity index (χ3n) is 2.65. The van der Waals surface area contributed by atoms with E-state index in [9.17, 15) is 5.11 Å². The van der Waals surface area contributed by atoms with Gasteiger partial charge in [-0.2, -0.15) is 0 Å². The van der Waals surface area contributed by atoms with Gasteiger partial charge in [-0.25, -0.2) is 0 Å². The van der Waals surface area contributed by atoms with E-state index in [4.69, 9.17) is 23.2 Å². The molecule has 0 aliphatic rings. The zero-order valence-electron chi connectivity index (χ0n) is 9.41. The zero-order chi connectivity index (χ0) is 13.1. The van der Waals surface area contributed by atoms with Crippen LogP contribution in [-0.4, -0.2) is 5.11 Å². The highest BCUT2D eigenvalue weighted by Gasteiger charge is 2.10. The first-order chi connectivity index (χ1) is 8.56. The molecule has 0 amide bonds. The molecule has 0 spiro atoms. The van der Waals surface area contributed by atoms with Crippen molar-refractivity contribution >= 4 is 39.1 Å². The van der Waals surface area contributed by atoms with E-state index in [0.717, 1.165) is 15.6 Å². The second kappa shape index (κ2) is 6.07. The van der Waals surface area contributed by atoms with Crippen LogP contribution in [0.5, 0.6) is 0 Å². The molecule has 1 unspecified atom stereocenters. The second-order valence-electron chi connectivity index (χ2n) is 4.02. The summed E-state index contributed by atoms with van der Waals surface area (Å²) in [6, 6.07) is 13.0. The predicted molar refractivity (Wildman–Crippen MR) is 79.3 cm³/mol. The van der Waals surface area contributed by atoms with Crippen LogP contribution in [0.4, 0.5) is 0 Å². The molecule has 0 aliphatic heterocycles. The molecule has 18 heavy (non-hydrogen) atoms. The van der Waals surface area contributed by atoms with Gasteiger partial charge in [-0.15, -0.1) is 0 Å². The van der Waals surface area contributed by atoms with Gasteiger partial charge in [-0.05, 0) is 35.4 Å². The molecular formula is C14H11BrCl2O. The lowest BCUT2D eigenvalue weighted by Gasteiger charge is -2.12. The van der Waals surface area contributed by atoms with E-state index < -0.39 is 6.10 Å². The maximum absolute atomic E-state index is 10.2. The van der Waals surface area contributed by atoms with Gasteiger partial charge in [0.05, 0.1) is 16.1 Å². The van der Waals surface area contributed by atoms with E-state index >= 15 is 0 Å². The maximum Gasteiger partial charge on any atom is 0.0830 e. The molecule has 0 aliphatic carbocycles. The Bertz CT molecular complexity index is 557. The van der Waals surface area contributed by atoms with Crippen LogP contribution in [0.25, 0.3) is 0 Å². The van der Waals surface area contributed by atoms with Crippen LogP contribution in [-0.2, 0) is 6.42 Å². The highest BCUT2D eigenvalue weighted by atomic mass is 79.9. The Morgan fingerprint density at radius 2 is 1.83 bits per heavy atom. The minimum atomic E-state index is -0.556. The Kier molecular flexibility index (Phi) is 4.68. The SMILES string of the molecule is OC(Cc1ccc(Cl)c(Cl)c1)c1cccc(Br)c1. The minimum absolute atomic E-state index is 0.507. The largest absolute Gasteiger partial charge is 0.388 e. The van der Waals surface area contributed by atoms with Gasteiger partial charge in [0, 0.05) is 10.9 Å². The van der Waals surface area contributed by atoms with Gasteiger partial charge >= 0.3 is 0 Å². The second-order valence-corrected chi connectivity index (χ2v) is 5.75. The predicted octanol–water partition coefficient (Wildman–Crippen LogP) is 5.03. The fourth-order valence-corrected chi connectivity index (χ4v) is 2.46. The van der Waals surface area contributed by atoms with Crippen LogP contribution in [0.1, 0.15) is 17.2 Å². The molecule has 0 saturated heterocycles. The molecule has 0 bridgehead atoms. The molecule has 94 valence electrons. The fraction of sp³-hybridized carbons (Fsp3) is 0.143. The first-order valence-corrected chi connectivity index (χ1v) is 6.98. The van der Waals surface area contributed by atoms with E-state index in [2.05, 4.69) is 15.9 Å². The van der Waals surface area contributed by atoms with Gasteiger partial charge in [-0.3, -0.25) is 0 Å². The lowest BCUT2D eigenvalue weighted by atomic mass is 10.0. The maximum atomic E-state index is 10.2. The zero-order valence-corrected chi connectivity index (χ0v) is 12.5. The molecule has 2 aromatic carbocycles. The van der Waals surface area contributed by atoms with Crippen molar-refractivity contribution < 1.29 is 5.11 Å². The standard InChI is InChI=1S/C14H11BrCl2O/c15-11-3-1-2-10(8-11)14(18)7-9-4-5-12(16)13(17)6-9/h1-6,8,14,18H,7H2. The van der Waals surface area contributed by atoms with Crippen molar-refractivity contribution in [3.63, 3.8) is 0 Å². The van der Waals surface area contributed by atoms with Crippen LogP contribution < -0.4 is 0 Å². The number of aliphatic hydroxyl groups excluding tert-OH is 1. The molecule has 1 nitrogen and oxygen atoms in total. The highest BCUT2D eigenvalue weighted by molar-refractivity contribution is 9.10. The van der Waals surface area contributed by atoms with Crippen molar-refractivity contribution in [1.82, 2.24) is 0 Å². The molecule has 2 rings (SSSR count). The normalized spacial score (nSPS) is 12.4. The van der Waals surface area contributed by atoms with E-state index in [1.165, 1.54) is 0 Å². The molecule has 0 aromatic heterocycles. The summed E-state index contributed by atoms with van der Waals surface area (Å²) in [6.45, 7) is 0. The van der Waals surface area contributed by atoms with Crippen molar-refractivity contribution in [2.24, 2.45) is 0 Å². The van der Waals surface area contributed by atoms with Crippen molar-refractivity contribution in [1.29, 1.82) is 0 Å². The highest BCUT2D eigenvalue weighted by Crippen LogP contribution is 2.26. The molecular weight excluding hydrogens is 335 g/mol. The van der Waals surface area contributed by atoms with Crippen LogP contribution in [0.2, 0.25) is 10.0 Å². The number of hydrogen-bond acceptors (Lipinski definition) is 1. The van der Waals surface area contributed by atoms with E-state index in [-0.39, 0.29) is 0 Å². The number of aliphatic hydroxyl groups is 1. The van der Waals surface area contributed by atoms with Crippen LogP contribution >= 0.6 is 39.1 Å². The molecule has 4 heteroatoms. The van der Waals surface area contributed by atoms with Gasteiger partial charge < -0.3 is 5.11 Å². The Hall–Kier alpha value is -0.540. The molecule has 2 aromatic rings. The Labute approximate surface area is 124 Å². The third kappa shape index (κ3) is 3.48. The Morgan fingerprint density at radius 3 is 2.50 bits per heavy atom. The van der Waals surface area contributed by atoms with Gasteiger partial charge in [0.15, 0.2) is 0 Å². The van der Waals surface area contributed by atoms with E-state index in [0.29, 0.717) is 16.5 Å². The number of benzene rings is 2. The van der Waals surface area contributed by atoms with E-state index in [1.807, 2.05) is 30.3 Å². The minimum Gasteiger partial charge on any atom is -0.388 e. The summed E-state index contributed by atoms with van der Waals surface area (Å²) in [5.41, 5.74) is 1.83. The van der Waals surface area contributed by atoms with E-state index in [1.54, 1.807) is 12.1 Å². The average Bonchev–Trinajstić information content (AvgIpc) is 2.34. The summed E-state index contributed by atoms with van der Waals surface area (Å²) in [4.78, 5) is 0. The summed E-state index contributed by atoms with van der Waals surface area (Å²) in [5.74, 6) is 0. The van der Waals surface area contributed by atoms with Crippen molar-refractivity contribution in [2.45, 2.75) is 12.5 Å². The molecule has 0 saturated carbocycles. The van der Waals surface area contributed by atoms with Crippen LogP contribution in [0.15, 0.2) is 46.9 Å². The Balaban J connectivity index is 2.16. The summed E-state index contributed by atoms with van der Waals surface area (Å²) in [6.07, 6.45) is -0.0485. The van der Waals surface area contributed by atoms with Crippen LogP contribution in [0.3, 0.4) is 0 Å². The number of halogens is 3. The van der Waals surface area contributed by atoms with Crippen LogP contribution in [0, 0.1) is 0 Å². The first-order valence-electron chi connectivity index (χ1n) is 5.44. The van der Waals surface area contributed by atoms with Crippen molar-refractivity contribution in [3.05, 3.63) is 68.1 Å². The topological polar surface area (TPSA) is 20.2 Å². The van der Waals surface area contributed by atoms with Gasteiger partial charge in [0.2, 0.25) is 0 Å². The Morgan fingerprint density at radius 1 is 1.06 bits per heavy atom. The first kappa shape index (κ1) is 13.9. The smallest absolute Gasteiger partial charge is 0.0830 e. The molecule has 0 fully saturated rings. The van der Waals surface area contributed by atoms with Gasteiger partial charge in [0.1, 0.15) is 0 Å². The number of hydrogen-bond donors (Lipinski definition) is 1. The summed E-state index contributed by atoms with van der Waals surface area (Å²) < 4.78 is 0.952. The molecule has 0 radical (unpaired) electrons. The third-order valence-corrected chi connectivity index (χ3v) is 3.88. The average molecular weight is 346 g/mol. The molecule has 1 N–H and O–H groups in total. The quantitative estimate of drug-likeness (QED) is 0.826. The van der Waals surface area contributed by atoms with Crippen molar-refractivity contribution in [3.8, 4) is 0 Å². The fourth-order valence-electron chi connectivity index (χ4n) is 1.72.